The van der Waals surface area contributed by atoms with Crippen LogP contribution in [0.2, 0.25) is 0 Å². The van der Waals surface area contributed by atoms with Crippen LogP contribution in [0.4, 0.5) is 0 Å². The Hall–Kier alpha value is -2.04. The Kier molecular flexibility index (Phi) is 5.61. The van der Waals surface area contributed by atoms with Crippen molar-refractivity contribution in [3.63, 3.8) is 0 Å². The standard InChI is InChI=1S/C21H27NO3/c1-16-13-17(18-9-10-21(22,14-18)15-23)7-8-20(16)25-12-11-24-19-5-3-2-4-6-19/h2-8,13,18,23H,9-12,14-15,22H2,1H3/t18-,21-/m1/s1. The minimum absolute atomic E-state index is 0.0606. The first kappa shape index (κ1) is 17.8. The summed E-state index contributed by atoms with van der Waals surface area (Å²) in [6.45, 7) is 3.15. The second kappa shape index (κ2) is 7.89. The van der Waals surface area contributed by atoms with E-state index in [2.05, 4.69) is 19.1 Å². The molecule has 0 unspecified atom stereocenters. The summed E-state index contributed by atoms with van der Waals surface area (Å²) in [7, 11) is 0. The van der Waals surface area contributed by atoms with Crippen LogP contribution in [0.5, 0.6) is 11.5 Å². The number of nitrogens with two attached hydrogens (primary N) is 1. The van der Waals surface area contributed by atoms with Crippen molar-refractivity contribution >= 4 is 0 Å². The molecule has 0 bridgehead atoms. The lowest BCUT2D eigenvalue weighted by Gasteiger charge is -2.21. The highest BCUT2D eigenvalue weighted by molar-refractivity contribution is 5.38. The summed E-state index contributed by atoms with van der Waals surface area (Å²) in [5.41, 5.74) is 8.18. The van der Waals surface area contributed by atoms with Gasteiger partial charge in [0.1, 0.15) is 24.7 Å². The van der Waals surface area contributed by atoms with Crippen LogP contribution in [0.3, 0.4) is 0 Å². The number of aliphatic hydroxyl groups excluding tert-OH is 1. The number of benzene rings is 2. The van der Waals surface area contributed by atoms with Crippen molar-refractivity contribution in [2.75, 3.05) is 19.8 Å². The molecule has 3 rings (SSSR count). The Morgan fingerprint density at radius 1 is 1.12 bits per heavy atom. The van der Waals surface area contributed by atoms with Crippen molar-refractivity contribution < 1.29 is 14.6 Å². The van der Waals surface area contributed by atoms with E-state index in [1.165, 1.54) is 5.56 Å². The molecule has 0 saturated heterocycles. The van der Waals surface area contributed by atoms with Gasteiger partial charge in [0, 0.05) is 5.54 Å². The lowest BCUT2D eigenvalue weighted by molar-refractivity contribution is 0.198. The van der Waals surface area contributed by atoms with Gasteiger partial charge in [0.25, 0.3) is 0 Å². The van der Waals surface area contributed by atoms with E-state index in [0.29, 0.717) is 19.1 Å². The second-order valence-electron chi connectivity index (χ2n) is 7.00. The number of aliphatic hydroxyl groups is 1. The molecule has 25 heavy (non-hydrogen) atoms. The van der Waals surface area contributed by atoms with Crippen LogP contribution < -0.4 is 15.2 Å². The van der Waals surface area contributed by atoms with E-state index in [1.54, 1.807) is 0 Å². The molecule has 1 fully saturated rings. The van der Waals surface area contributed by atoms with E-state index in [4.69, 9.17) is 15.2 Å². The van der Waals surface area contributed by atoms with Crippen LogP contribution in [0, 0.1) is 6.92 Å². The Morgan fingerprint density at radius 3 is 2.56 bits per heavy atom. The molecular weight excluding hydrogens is 314 g/mol. The number of para-hydroxylation sites is 1. The number of hydrogen-bond acceptors (Lipinski definition) is 4. The van der Waals surface area contributed by atoms with Gasteiger partial charge >= 0.3 is 0 Å². The lowest BCUT2D eigenvalue weighted by Crippen LogP contribution is -2.40. The van der Waals surface area contributed by atoms with Crippen molar-refractivity contribution in [3.05, 3.63) is 59.7 Å². The fourth-order valence-corrected chi connectivity index (χ4v) is 3.50. The molecule has 2 aromatic carbocycles. The summed E-state index contributed by atoms with van der Waals surface area (Å²) < 4.78 is 11.5. The van der Waals surface area contributed by atoms with Gasteiger partial charge in [-0.15, -0.1) is 0 Å². The first-order valence-electron chi connectivity index (χ1n) is 8.91. The predicted molar refractivity (Wildman–Crippen MR) is 99.2 cm³/mol. The molecule has 0 radical (unpaired) electrons. The first-order valence-corrected chi connectivity index (χ1v) is 8.91. The van der Waals surface area contributed by atoms with E-state index >= 15 is 0 Å². The molecule has 0 aliphatic heterocycles. The van der Waals surface area contributed by atoms with Crippen molar-refractivity contribution in [3.8, 4) is 11.5 Å². The molecule has 0 amide bonds. The quantitative estimate of drug-likeness (QED) is 0.758. The summed E-state index contributed by atoms with van der Waals surface area (Å²) in [4.78, 5) is 0. The van der Waals surface area contributed by atoms with Gasteiger partial charge in [-0.3, -0.25) is 0 Å². The van der Waals surface area contributed by atoms with Crippen molar-refractivity contribution in [2.45, 2.75) is 37.6 Å². The molecule has 1 aliphatic carbocycles. The summed E-state index contributed by atoms with van der Waals surface area (Å²) >= 11 is 0. The van der Waals surface area contributed by atoms with Crippen molar-refractivity contribution in [2.24, 2.45) is 5.73 Å². The number of hydrogen-bond donors (Lipinski definition) is 2. The maximum absolute atomic E-state index is 9.43. The van der Waals surface area contributed by atoms with E-state index in [0.717, 1.165) is 36.3 Å². The van der Waals surface area contributed by atoms with Gasteiger partial charge in [-0.25, -0.2) is 0 Å². The van der Waals surface area contributed by atoms with Crippen molar-refractivity contribution in [1.82, 2.24) is 0 Å². The number of rotatable bonds is 7. The zero-order valence-electron chi connectivity index (χ0n) is 14.8. The molecule has 134 valence electrons. The van der Waals surface area contributed by atoms with Gasteiger partial charge < -0.3 is 20.3 Å². The minimum Gasteiger partial charge on any atom is -0.490 e. The average Bonchev–Trinajstić information content (AvgIpc) is 3.04. The lowest BCUT2D eigenvalue weighted by atomic mass is 9.92. The third-order valence-electron chi connectivity index (χ3n) is 4.98. The molecular formula is C21H27NO3. The van der Waals surface area contributed by atoms with Crippen LogP contribution in [-0.4, -0.2) is 30.5 Å². The molecule has 4 heteroatoms. The van der Waals surface area contributed by atoms with Crippen LogP contribution >= 0.6 is 0 Å². The molecule has 1 aliphatic rings. The summed E-state index contributed by atoms with van der Waals surface area (Å²) in [6.07, 6.45) is 2.75. The van der Waals surface area contributed by atoms with Crippen LogP contribution in [0.25, 0.3) is 0 Å². The van der Waals surface area contributed by atoms with Gasteiger partial charge in [0.05, 0.1) is 6.61 Å². The fraction of sp³-hybridized carbons (Fsp3) is 0.429. The number of ether oxygens (including phenoxy) is 2. The van der Waals surface area contributed by atoms with E-state index in [9.17, 15) is 5.11 Å². The normalized spacial score (nSPS) is 22.8. The highest BCUT2D eigenvalue weighted by Crippen LogP contribution is 2.40. The first-order chi connectivity index (χ1) is 12.1. The van der Waals surface area contributed by atoms with E-state index in [1.807, 2.05) is 36.4 Å². The summed E-state index contributed by atoms with van der Waals surface area (Å²) in [5.74, 6) is 2.17. The van der Waals surface area contributed by atoms with Gasteiger partial charge in [0.2, 0.25) is 0 Å². The summed E-state index contributed by atoms with van der Waals surface area (Å²) in [6, 6.07) is 16.1. The highest BCUT2D eigenvalue weighted by Gasteiger charge is 2.35. The molecule has 0 heterocycles. The Labute approximate surface area is 149 Å². The Bertz CT molecular complexity index is 689. The zero-order valence-corrected chi connectivity index (χ0v) is 14.8. The van der Waals surface area contributed by atoms with Gasteiger partial charge in [-0.2, -0.15) is 0 Å². The molecule has 4 nitrogen and oxygen atoms in total. The van der Waals surface area contributed by atoms with Crippen molar-refractivity contribution in [1.29, 1.82) is 0 Å². The van der Waals surface area contributed by atoms with E-state index < -0.39 is 5.54 Å². The fourth-order valence-electron chi connectivity index (χ4n) is 3.50. The molecule has 1 saturated carbocycles. The van der Waals surface area contributed by atoms with E-state index in [-0.39, 0.29) is 6.61 Å². The number of aryl methyl sites for hydroxylation is 1. The monoisotopic (exact) mass is 341 g/mol. The van der Waals surface area contributed by atoms with Gasteiger partial charge in [-0.05, 0) is 61.4 Å². The predicted octanol–water partition coefficient (Wildman–Crippen LogP) is 3.41. The van der Waals surface area contributed by atoms with Gasteiger partial charge in [-0.1, -0.05) is 30.3 Å². The molecule has 3 N–H and O–H groups in total. The third-order valence-corrected chi connectivity index (χ3v) is 4.98. The Balaban J connectivity index is 1.52. The smallest absolute Gasteiger partial charge is 0.122 e. The molecule has 0 spiro atoms. The third kappa shape index (κ3) is 4.53. The van der Waals surface area contributed by atoms with Crippen LogP contribution in [-0.2, 0) is 0 Å². The maximum Gasteiger partial charge on any atom is 0.122 e. The minimum atomic E-state index is -0.414. The highest BCUT2D eigenvalue weighted by atomic mass is 16.5. The maximum atomic E-state index is 9.43. The zero-order chi connectivity index (χ0) is 17.7. The summed E-state index contributed by atoms with van der Waals surface area (Å²) in [5, 5.41) is 9.43. The molecule has 2 atom stereocenters. The molecule has 2 aromatic rings. The van der Waals surface area contributed by atoms with Gasteiger partial charge in [0.15, 0.2) is 0 Å². The second-order valence-corrected chi connectivity index (χ2v) is 7.00. The van der Waals surface area contributed by atoms with Crippen LogP contribution in [0.15, 0.2) is 48.5 Å². The largest absolute Gasteiger partial charge is 0.490 e. The van der Waals surface area contributed by atoms with Crippen LogP contribution in [0.1, 0.15) is 36.3 Å². The molecule has 0 aromatic heterocycles. The topological polar surface area (TPSA) is 64.7 Å². The average molecular weight is 341 g/mol. The SMILES string of the molecule is Cc1cc([C@@H]2CC[C@](N)(CO)C2)ccc1OCCOc1ccccc1. The Morgan fingerprint density at radius 2 is 1.88 bits per heavy atom.